The van der Waals surface area contributed by atoms with Crippen LogP contribution in [0.4, 0.5) is 0 Å². The minimum absolute atomic E-state index is 0.00117. The van der Waals surface area contributed by atoms with Crippen molar-refractivity contribution in [1.82, 2.24) is 5.32 Å². The van der Waals surface area contributed by atoms with Crippen LogP contribution in [0.2, 0.25) is 0 Å². The number of hydrogen-bond donors (Lipinski definition) is 3. The van der Waals surface area contributed by atoms with E-state index in [1.54, 1.807) is 6.07 Å². The van der Waals surface area contributed by atoms with E-state index in [1.807, 2.05) is 18.2 Å². The number of Topliss-reactive ketones (excluding diaryl/α,β-unsaturated/α-hetero) is 1. The summed E-state index contributed by atoms with van der Waals surface area (Å²) in [5.74, 6) is -0.314. The fourth-order valence-corrected chi connectivity index (χ4v) is 3.12. The Labute approximate surface area is 135 Å². The largest absolute Gasteiger partial charge is 0.504 e. The minimum atomic E-state index is -0.206. The summed E-state index contributed by atoms with van der Waals surface area (Å²) < 4.78 is 0. The van der Waals surface area contributed by atoms with Gasteiger partial charge in [0.2, 0.25) is 0 Å². The molecule has 4 nitrogen and oxygen atoms in total. The van der Waals surface area contributed by atoms with Crippen molar-refractivity contribution in [3.63, 3.8) is 0 Å². The number of phenolic OH excluding ortho intramolecular Hbond substituents is 2. The van der Waals surface area contributed by atoms with Crippen LogP contribution < -0.4 is 5.32 Å². The second kappa shape index (κ2) is 6.84. The molecule has 120 valence electrons. The van der Waals surface area contributed by atoms with Crippen LogP contribution in [0.25, 0.3) is 0 Å². The number of fused-ring (bicyclic) bond motifs is 1. The van der Waals surface area contributed by atoms with Crippen LogP contribution in [0.5, 0.6) is 11.5 Å². The number of carbonyl (C=O) groups excluding carboxylic acids is 1. The Morgan fingerprint density at radius 3 is 2.65 bits per heavy atom. The Morgan fingerprint density at radius 2 is 1.87 bits per heavy atom. The molecule has 1 aliphatic rings. The SMILES string of the molecule is O=C1c2ccc(O)c(O)c2CCC1NCCCc1ccccc1. The van der Waals surface area contributed by atoms with Crippen LogP contribution in [0.1, 0.15) is 34.3 Å². The number of ketones is 1. The Kier molecular flexibility index (Phi) is 4.63. The molecule has 3 N–H and O–H groups in total. The minimum Gasteiger partial charge on any atom is -0.504 e. The predicted octanol–water partition coefficient (Wildman–Crippen LogP) is 2.82. The second-order valence-corrected chi connectivity index (χ2v) is 5.96. The molecule has 0 spiro atoms. The van der Waals surface area contributed by atoms with E-state index in [-0.39, 0.29) is 23.3 Å². The van der Waals surface area contributed by atoms with E-state index in [9.17, 15) is 15.0 Å². The van der Waals surface area contributed by atoms with Crippen molar-refractivity contribution in [3.8, 4) is 11.5 Å². The molecule has 1 unspecified atom stereocenters. The maximum atomic E-state index is 12.5. The summed E-state index contributed by atoms with van der Waals surface area (Å²) >= 11 is 0. The highest BCUT2D eigenvalue weighted by molar-refractivity contribution is 6.03. The van der Waals surface area contributed by atoms with Gasteiger partial charge in [0.1, 0.15) is 0 Å². The number of phenols is 2. The molecule has 4 heteroatoms. The van der Waals surface area contributed by atoms with Gasteiger partial charge in [-0.15, -0.1) is 0 Å². The van der Waals surface area contributed by atoms with Gasteiger partial charge in [0, 0.05) is 11.1 Å². The molecule has 0 heterocycles. The second-order valence-electron chi connectivity index (χ2n) is 5.96. The summed E-state index contributed by atoms with van der Waals surface area (Å²) in [6.45, 7) is 0.782. The predicted molar refractivity (Wildman–Crippen MR) is 89.0 cm³/mol. The third kappa shape index (κ3) is 3.37. The van der Waals surface area contributed by atoms with Gasteiger partial charge in [-0.25, -0.2) is 0 Å². The van der Waals surface area contributed by atoms with Crippen LogP contribution in [0.15, 0.2) is 42.5 Å². The van der Waals surface area contributed by atoms with Crippen LogP contribution in [0, 0.1) is 0 Å². The van der Waals surface area contributed by atoms with Gasteiger partial charge >= 0.3 is 0 Å². The highest BCUT2D eigenvalue weighted by Crippen LogP contribution is 2.35. The van der Waals surface area contributed by atoms with Crippen molar-refractivity contribution in [2.75, 3.05) is 6.54 Å². The Morgan fingerprint density at radius 1 is 1.09 bits per heavy atom. The summed E-state index contributed by atoms with van der Waals surface area (Å²) in [5, 5.41) is 22.7. The molecule has 2 aromatic rings. The van der Waals surface area contributed by atoms with E-state index in [0.29, 0.717) is 24.0 Å². The highest BCUT2D eigenvalue weighted by atomic mass is 16.3. The monoisotopic (exact) mass is 311 g/mol. The maximum Gasteiger partial charge on any atom is 0.180 e. The number of aryl methyl sites for hydroxylation is 1. The summed E-state index contributed by atoms with van der Waals surface area (Å²) in [5.41, 5.74) is 2.39. The molecule has 0 saturated carbocycles. The number of aromatic hydroxyl groups is 2. The molecule has 0 bridgehead atoms. The highest BCUT2D eigenvalue weighted by Gasteiger charge is 2.29. The van der Waals surface area contributed by atoms with Crippen LogP contribution in [-0.4, -0.2) is 28.6 Å². The molecule has 23 heavy (non-hydrogen) atoms. The zero-order valence-electron chi connectivity index (χ0n) is 13.0. The smallest absolute Gasteiger partial charge is 0.180 e. The quantitative estimate of drug-likeness (QED) is 0.586. The van der Waals surface area contributed by atoms with Gasteiger partial charge in [-0.05, 0) is 49.9 Å². The van der Waals surface area contributed by atoms with Gasteiger partial charge in [-0.2, -0.15) is 0 Å². The van der Waals surface area contributed by atoms with Crippen molar-refractivity contribution < 1.29 is 15.0 Å². The number of carbonyl (C=O) groups is 1. The van der Waals surface area contributed by atoms with Gasteiger partial charge in [-0.1, -0.05) is 30.3 Å². The van der Waals surface area contributed by atoms with E-state index in [1.165, 1.54) is 11.6 Å². The van der Waals surface area contributed by atoms with E-state index in [0.717, 1.165) is 19.4 Å². The first-order valence-electron chi connectivity index (χ1n) is 8.02. The van der Waals surface area contributed by atoms with Crippen molar-refractivity contribution in [2.24, 2.45) is 0 Å². The van der Waals surface area contributed by atoms with Crippen molar-refractivity contribution >= 4 is 5.78 Å². The third-order valence-corrected chi connectivity index (χ3v) is 4.40. The molecule has 2 aromatic carbocycles. The average Bonchev–Trinajstić information content (AvgIpc) is 2.58. The van der Waals surface area contributed by atoms with Gasteiger partial charge in [0.25, 0.3) is 0 Å². The van der Waals surface area contributed by atoms with E-state index in [2.05, 4.69) is 17.4 Å². The fourth-order valence-electron chi connectivity index (χ4n) is 3.12. The number of nitrogens with one attached hydrogen (secondary N) is 1. The number of hydrogen-bond acceptors (Lipinski definition) is 4. The molecule has 0 amide bonds. The number of benzene rings is 2. The van der Waals surface area contributed by atoms with E-state index < -0.39 is 0 Å². The molecule has 3 rings (SSSR count). The molecule has 1 atom stereocenters. The summed E-state index contributed by atoms with van der Waals surface area (Å²) in [4.78, 5) is 12.5. The van der Waals surface area contributed by atoms with Gasteiger partial charge in [-0.3, -0.25) is 4.79 Å². The lowest BCUT2D eigenvalue weighted by Gasteiger charge is -2.25. The molecule has 0 saturated heterocycles. The summed E-state index contributed by atoms with van der Waals surface area (Å²) in [6.07, 6.45) is 3.20. The van der Waals surface area contributed by atoms with E-state index >= 15 is 0 Å². The van der Waals surface area contributed by atoms with E-state index in [4.69, 9.17) is 0 Å². The average molecular weight is 311 g/mol. The molecule has 0 aromatic heterocycles. The normalized spacial score (nSPS) is 17.0. The van der Waals surface area contributed by atoms with Gasteiger partial charge in [0.15, 0.2) is 17.3 Å². The summed E-state index contributed by atoms with van der Waals surface area (Å²) in [7, 11) is 0. The lowest BCUT2D eigenvalue weighted by Crippen LogP contribution is -2.40. The van der Waals surface area contributed by atoms with Gasteiger partial charge in [0.05, 0.1) is 6.04 Å². The van der Waals surface area contributed by atoms with Crippen molar-refractivity contribution in [2.45, 2.75) is 31.7 Å². The first kappa shape index (κ1) is 15.6. The zero-order chi connectivity index (χ0) is 16.2. The van der Waals surface area contributed by atoms with Crippen LogP contribution in [0.3, 0.4) is 0 Å². The topological polar surface area (TPSA) is 69.6 Å². The molecular weight excluding hydrogens is 290 g/mol. The standard InChI is InChI=1S/C19H21NO3/c21-17-11-9-14-15(19(17)23)8-10-16(18(14)22)20-12-4-7-13-5-2-1-3-6-13/h1-3,5-6,9,11,16,20-21,23H,4,7-8,10,12H2. The molecule has 1 aliphatic carbocycles. The first-order valence-corrected chi connectivity index (χ1v) is 8.02. The molecule has 0 radical (unpaired) electrons. The Balaban J connectivity index is 1.56. The molecule has 0 fully saturated rings. The number of rotatable bonds is 5. The van der Waals surface area contributed by atoms with Gasteiger partial charge < -0.3 is 15.5 Å². The molecular formula is C19H21NO3. The Hall–Kier alpha value is -2.33. The fraction of sp³-hybridized carbons (Fsp3) is 0.316. The van der Waals surface area contributed by atoms with Crippen molar-refractivity contribution in [1.29, 1.82) is 0 Å². The third-order valence-electron chi connectivity index (χ3n) is 4.40. The first-order chi connectivity index (χ1) is 11.2. The molecule has 0 aliphatic heterocycles. The lowest BCUT2D eigenvalue weighted by molar-refractivity contribution is 0.0927. The van der Waals surface area contributed by atoms with Crippen LogP contribution in [-0.2, 0) is 12.8 Å². The van der Waals surface area contributed by atoms with Crippen molar-refractivity contribution in [3.05, 3.63) is 59.2 Å². The lowest BCUT2D eigenvalue weighted by atomic mass is 9.86. The van der Waals surface area contributed by atoms with Crippen LogP contribution >= 0.6 is 0 Å². The maximum absolute atomic E-state index is 12.5. The summed E-state index contributed by atoms with van der Waals surface area (Å²) in [6, 6.07) is 13.1. The zero-order valence-corrected chi connectivity index (χ0v) is 13.0. The Bertz CT molecular complexity index is 697.